The Hall–Kier alpha value is -2.64. The van der Waals surface area contributed by atoms with Crippen molar-refractivity contribution in [1.29, 1.82) is 0 Å². The fourth-order valence-corrected chi connectivity index (χ4v) is 2.71. The maximum Gasteiger partial charge on any atom is 0.322 e. The molecule has 1 atom stereocenters. The summed E-state index contributed by atoms with van der Waals surface area (Å²) in [4.78, 5) is 51.2. The fraction of sp³-hybridized carbons (Fsp3) is 0.385. The zero-order valence-electron chi connectivity index (χ0n) is 11.4. The molecule has 0 saturated carbocycles. The van der Waals surface area contributed by atoms with Crippen molar-refractivity contribution < 1.29 is 14.4 Å². The second kappa shape index (κ2) is 4.44. The molecule has 2 aliphatic rings. The largest absolute Gasteiger partial charge is 0.335 e. The molecular weight excluding hydrogens is 276 g/mol. The summed E-state index contributed by atoms with van der Waals surface area (Å²) in [5.41, 5.74) is -0.829. The number of hydrogen-bond acceptors (Lipinski definition) is 4. The number of aryl methyl sites for hydroxylation is 1. The van der Waals surface area contributed by atoms with Crippen LogP contribution in [0.15, 0.2) is 16.9 Å². The van der Waals surface area contributed by atoms with Crippen LogP contribution in [-0.2, 0) is 4.79 Å². The number of hydrogen-bond donors (Lipinski definition) is 3. The first-order chi connectivity index (χ1) is 9.91. The number of aromatic amines is 1. The van der Waals surface area contributed by atoms with Gasteiger partial charge in [-0.15, -0.1) is 0 Å². The van der Waals surface area contributed by atoms with E-state index in [-0.39, 0.29) is 12.1 Å². The molecule has 1 unspecified atom stereocenters. The van der Waals surface area contributed by atoms with Crippen LogP contribution in [-0.4, -0.2) is 46.4 Å². The number of urea groups is 1. The molecule has 2 saturated heterocycles. The van der Waals surface area contributed by atoms with Gasteiger partial charge in [-0.1, -0.05) is 0 Å². The minimum atomic E-state index is -1.07. The molecule has 2 aliphatic heterocycles. The molecule has 3 rings (SSSR count). The molecular formula is C13H14N4O4. The highest BCUT2D eigenvalue weighted by molar-refractivity contribution is 6.08. The van der Waals surface area contributed by atoms with Gasteiger partial charge in [0.15, 0.2) is 0 Å². The monoisotopic (exact) mass is 290 g/mol. The Labute approximate surface area is 119 Å². The zero-order chi connectivity index (χ0) is 15.2. The molecule has 21 heavy (non-hydrogen) atoms. The van der Waals surface area contributed by atoms with Gasteiger partial charge in [-0.2, -0.15) is 0 Å². The van der Waals surface area contributed by atoms with E-state index < -0.39 is 28.9 Å². The molecule has 1 spiro atoms. The Morgan fingerprint density at radius 1 is 1.29 bits per heavy atom. The molecule has 2 fully saturated rings. The van der Waals surface area contributed by atoms with E-state index in [0.29, 0.717) is 18.7 Å². The van der Waals surface area contributed by atoms with Gasteiger partial charge in [0.1, 0.15) is 11.1 Å². The number of aromatic nitrogens is 1. The van der Waals surface area contributed by atoms with Crippen LogP contribution in [0.1, 0.15) is 22.5 Å². The van der Waals surface area contributed by atoms with E-state index in [1.165, 1.54) is 11.0 Å². The van der Waals surface area contributed by atoms with Gasteiger partial charge in [0.2, 0.25) is 0 Å². The lowest BCUT2D eigenvalue weighted by atomic mass is 9.99. The predicted molar refractivity (Wildman–Crippen MR) is 71.7 cm³/mol. The van der Waals surface area contributed by atoms with Crippen molar-refractivity contribution in [2.75, 3.05) is 13.1 Å². The van der Waals surface area contributed by atoms with Crippen LogP contribution in [0, 0.1) is 6.92 Å². The number of imide groups is 1. The van der Waals surface area contributed by atoms with E-state index in [1.54, 1.807) is 13.0 Å². The summed E-state index contributed by atoms with van der Waals surface area (Å²) in [6.45, 7) is 2.09. The summed E-state index contributed by atoms with van der Waals surface area (Å²) >= 11 is 0. The van der Waals surface area contributed by atoms with Crippen LogP contribution in [0.2, 0.25) is 0 Å². The fourth-order valence-electron chi connectivity index (χ4n) is 2.71. The van der Waals surface area contributed by atoms with Gasteiger partial charge in [-0.3, -0.25) is 19.7 Å². The minimum absolute atomic E-state index is 0.0300. The van der Waals surface area contributed by atoms with Crippen molar-refractivity contribution in [3.63, 3.8) is 0 Å². The summed E-state index contributed by atoms with van der Waals surface area (Å²) in [7, 11) is 0. The highest BCUT2D eigenvalue weighted by atomic mass is 16.2. The van der Waals surface area contributed by atoms with Gasteiger partial charge in [-0.05, 0) is 25.5 Å². The Bertz CT molecular complexity index is 710. The maximum absolute atomic E-state index is 12.4. The molecule has 0 aliphatic carbocycles. The summed E-state index contributed by atoms with van der Waals surface area (Å²) in [6.07, 6.45) is 0.333. The Morgan fingerprint density at radius 3 is 2.67 bits per heavy atom. The lowest BCUT2D eigenvalue weighted by Gasteiger charge is -2.20. The molecule has 8 heteroatoms. The summed E-state index contributed by atoms with van der Waals surface area (Å²) < 4.78 is 0. The Balaban J connectivity index is 1.83. The number of amides is 4. The lowest BCUT2D eigenvalue weighted by Crippen LogP contribution is -2.49. The van der Waals surface area contributed by atoms with Crippen molar-refractivity contribution in [2.45, 2.75) is 18.9 Å². The first-order valence-corrected chi connectivity index (χ1v) is 6.54. The number of nitrogens with one attached hydrogen (secondary N) is 3. The normalized spacial score (nSPS) is 24.3. The second-order valence-corrected chi connectivity index (χ2v) is 5.35. The third-order valence-electron chi connectivity index (χ3n) is 3.86. The maximum atomic E-state index is 12.4. The number of H-pyrrole nitrogens is 1. The van der Waals surface area contributed by atoms with Gasteiger partial charge < -0.3 is 15.2 Å². The van der Waals surface area contributed by atoms with Gasteiger partial charge in [0.25, 0.3) is 17.4 Å². The highest BCUT2D eigenvalue weighted by Crippen LogP contribution is 2.25. The van der Waals surface area contributed by atoms with Crippen molar-refractivity contribution in [2.24, 2.45) is 0 Å². The zero-order valence-corrected chi connectivity index (χ0v) is 11.4. The lowest BCUT2D eigenvalue weighted by molar-refractivity contribution is -0.123. The highest BCUT2D eigenvalue weighted by Gasteiger charge is 2.51. The van der Waals surface area contributed by atoms with Crippen LogP contribution in [0.25, 0.3) is 0 Å². The van der Waals surface area contributed by atoms with E-state index in [9.17, 15) is 19.2 Å². The second-order valence-electron chi connectivity index (χ2n) is 5.35. The van der Waals surface area contributed by atoms with Crippen molar-refractivity contribution in [3.8, 4) is 0 Å². The van der Waals surface area contributed by atoms with Crippen LogP contribution in [0.4, 0.5) is 4.79 Å². The summed E-state index contributed by atoms with van der Waals surface area (Å²) in [5, 5.41) is 4.73. The third kappa shape index (κ3) is 2.08. The summed E-state index contributed by atoms with van der Waals surface area (Å²) in [5.74, 6) is -0.873. The first kappa shape index (κ1) is 13.3. The average molecular weight is 290 g/mol. The smallest absolute Gasteiger partial charge is 0.322 e. The molecule has 3 N–H and O–H groups in total. The first-order valence-electron chi connectivity index (χ1n) is 6.54. The van der Waals surface area contributed by atoms with Crippen LogP contribution in [0.3, 0.4) is 0 Å². The molecule has 0 aromatic carbocycles. The minimum Gasteiger partial charge on any atom is -0.335 e. The Morgan fingerprint density at radius 2 is 2.05 bits per heavy atom. The van der Waals surface area contributed by atoms with Crippen LogP contribution >= 0.6 is 0 Å². The van der Waals surface area contributed by atoms with E-state index in [4.69, 9.17) is 0 Å². The van der Waals surface area contributed by atoms with Crippen molar-refractivity contribution >= 4 is 17.8 Å². The van der Waals surface area contributed by atoms with Gasteiger partial charge in [0, 0.05) is 12.2 Å². The summed E-state index contributed by atoms with van der Waals surface area (Å²) in [6, 6.07) is 2.56. The van der Waals surface area contributed by atoms with Gasteiger partial charge >= 0.3 is 6.03 Å². The van der Waals surface area contributed by atoms with Gasteiger partial charge in [0.05, 0.1) is 6.54 Å². The van der Waals surface area contributed by atoms with E-state index in [2.05, 4.69) is 15.6 Å². The molecule has 8 nitrogen and oxygen atoms in total. The molecule has 1 aromatic rings. The number of rotatable bonds is 1. The number of pyridine rings is 1. The van der Waals surface area contributed by atoms with Crippen molar-refractivity contribution in [3.05, 3.63) is 33.7 Å². The van der Waals surface area contributed by atoms with E-state index >= 15 is 0 Å². The number of carbonyl (C=O) groups excluding carboxylic acids is 3. The van der Waals surface area contributed by atoms with E-state index in [0.717, 1.165) is 0 Å². The third-order valence-corrected chi connectivity index (χ3v) is 3.86. The van der Waals surface area contributed by atoms with Crippen LogP contribution < -0.4 is 16.2 Å². The van der Waals surface area contributed by atoms with Gasteiger partial charge in [-0.25, -0.2) is 4.79 Å². The standard InChI is InChI=1S/C13H14N4O4/c1-7-2-3-8(9(18)14-7)10(19)17-5-4-13(6-17)11(20)15-12(21)16-13/h2-3H,4-6H2,1H3,(H,14,18)(H2,15,16,20,21). The quantitative estimate of drug-likeness (QED) is 0.582. The topological polar surface area (TPSA) is 111 Å². The molecule has 1 aromatic heterocycles. The number of nitrogens with zero attached hydrogens (tertiary/aromatic N) is 1. The number of carbonyl (C=O) groups is 3. The number of likely N-dealkylation sites (tertiary alicyclic amines) is 1. The molecule has 110 valence electrons. The molecule has 0 radical (unpaired) electrons. The average Bonchev–Trinajstić information content (AvgIpc) is 2.94. The SMILES string of the molecule is Cc1ccc(C(=O)N2CCC3(C2)NC(=O)NC3=O)c(=O)[nH]1. The predicted octanol–water partition coefficient (Wildman–Crippen LogP) is -0.893. The molecule has 3 heterocycles. The Kier molecular flexibility index (Phi) is 2.82. The molecule has 4 amide bonds. The van der Waals surface area contributed by atoms with E-state index in [1.807, 2.05) is 0 Å². The molecule has 0 bridgehead atoms. The van der Waals surface area contributed by atoms with Crippen LogP contribution in [0.5, 0.6) is 0 Å². The van der Waals surface area contributed by atoms with Crippen molar-refractivity contribution in [1.82, 2.24) is 20.5 Å².